The smallest absolute Gasteiger partial charge is 0.255 e. The molecule has 166 valence electrons. The zero-order valence-electron chi connectivity index (χ0n) is 17.7. The molecule has 1 amide bonds. The molecule has 2 aliphatic rings. The van der Waals surface area contributed by atoms with Gasteiger partial charge in [0, 0.05) is 26.4 Å². The molecule has 1 saturated carbocycles. The Labute approximate surface area is 180 Å². The van der Waals surface area contributed by atoms with E-state index in [9.17, 15) is 13.6 Å². The second-order valence-corrected chi connectivity index (χ2v) is 8.20. The second kappa shape index (κ2) is 8.69. The lowest BCUT2D eigenvalue weighted by Gasteiger charge is -2.18. The van der Waals surface area contributed by atoms with Gasteiger partial charge in [-0.05, 0) is 36.8 Å². The van der Waals surface area contributed by atoms with Crippen LogP contribution >= 0.6 is 0 Å². The molecule has 1 aromatic heterocycles. The molecule has 2 heterocycles. The molecule has 3 atom stereocenters. The number of benzene rings is 1. The van der Waals surface area contributed by atoms with Crippen molar-refractivity contribution in [2.45, 2.75) is 37.7 Å². The Hall–Kier alpha value is -2.90. The summed E-state index contributed by atoms with van der Waals surface area (Å²) in [6.45, 7) is 3.41. The van der Waals surface area contributed by atoms with Gasteiger partial charge in [0.15, 0.2) is 0 Å². The van der Waals surface area contributed by atoms with E-state index in [0.717, 1.165) is 30.1 Å². The summed E-state index contributed by atoms with van der Waals surface area (Å²) in [6, 6.07) is 11.2. The molecule has 1 N–H and O–H groups in total. The molecule has 1 aliphatic heterocycles. The summed E-state index contributed by atoms with van der Waals surface area (Å²) < 4.78 is 37.4. The topological polar surface area (TPSA) is 63.7 Å². The zero-order chi connectivity index (χ0) is 22.0. The van der Waals surface area contributed by atoms with Gasteiger partial charge in [0.1, 0.15) is 23.4 Å². The van der Waals surface area contributed by atoms with E-state index in [4.69, 9.17) is 9.47 Å². The van der Waals surface area contributed by atoms with Crippen molar-refractivity contribution in [3.8, 4) is 11.5 Å². The summed E-state index contributed by atoms with van der Waals surface area (Å²) in [7, 11) is 1.63. The van der Waals surface area contributed by atoms with Crippen LogP contribution < -0.4 is 19.7 Å². The normalized spacial score (nSPS) is 22.6. The molecular formula is C23H27F2N3O3. The Morgan fingerprint density at radius 2 is 1.97 bits per heavy atom. The van der Waals surface area contributed by atoms with E-state index in [0.29, 0.717) is 12.3 Å². The summed E-state index contributed by atoms with van der Waals surface area (Å²) in [5, 5.41) is 2.66. The van der Waals surface area contributed by atoms with Crippen LogP contribution in [-0.2, 0) is 4.79 Å². The van der Waals surface area contributed by atoms with Gasteiger partial charge in [0.05, 0.1) is 31.2 Å². The van der Waals surface area contributed by atoms with Crippen LogP contribution in [0.1, 0.15) is 31.2 Å². The first-order chi connectivity index (χ1) is 14.9. The molecule has 31 heavy (non-hydrogen) atoms. The molecule has 1 aliphatic carbocycles. The van der Waals surface area contributed by atoms with Gasteiger partial charge in [-0.15, -0.1) is 0 Å². The maximum atomic E-state index is 12.9. The number of ether oxygens (including phenoxy) is 2. The average Bonchev–Trinajstić information content (AvgIpc) is 3.15. The number of hydrogen-bond donors (Lipinski definition) is 1. The van der Waals surface area contributed by atoms with Crippen molar-refractivity contribution in [2.24, 2.45) is 5.92 Å². The fourth-order valence-corrected chi connectivity index (χ4v) is 3.72. The largest absolute Gasteiger partial charge is 0.491 e. The molecule has 4 rings (SSSR count). The van der Waals surface area contributed by atoms with Gasteiger partial charge in [0.25, 0.3) is 5.92 Å². The van der Waals surface area contributed by atoms with E-state index in [1.54, 1.807) is 19.3 Å². The first kappa shape index (κ1) is 21.3. The number of alkyl halides is 2. The second-order valence-electron chi connectivity index (χ2n) is 8.20. The number of likely N-dealkylation sites (N-methyl/N-ethyl adjacent to an activating group) is 1. The lowest BCUT2D eigenvalue weighted by Crippen LogP contribution is -2.25. The van der Waals surface area contributed by atoms with Crippen LogP contribution in [0.25, 0.3) is 0 Å². The highest BCUT2D eigenvalue weighted by Gasteiger charge is 2.57. The highest BCUT2D eigenvalue weighted by atomic mass is 19.3. The van der Waals surface area contributed by atoms with Crippen molar-refractivity contribution in [1.82, 2.24) is 10.3 Å². The molecule has 2 fully saturated rings. The van der Waals surface area contributed by atoms with Crippen LogP contribution in [0.2, 0.25) is 0 Å². The fraction of sp³-hybridized carbons (Fsp3) is 0.478. The summed E-state index contributed by atoms with van der Waals surface area (Å²) in [6.07, 6.45) is 2.39. The molecule has 3 unspecified atom stereocenters. The average molecular weight is 431 g/mol. The molecule has 0 bridgehead atoms. The predicted molar refractivity (Wildman–Crippen MR) is 113 cm³/mol. The maximum Gasteiger partial charge on any atom is 0.255 e. The van der Waals surface area contributed by atoms with Crippen molar-refractivity contribution in [3.63, 3.8) is 0 Å². The fourth-order valence-electron chi connectivity index (χ4n) is 3.72. The molecular weight excluding hydrogens is 404 g/mol. The third-order valence-corrected chi connectivity index (χ3v) is 5.92. The number of hydrogen-bond acceptors (Lipinski definition) is 5. The minimum atomic E-state index is -2.57. The number of amides is 1. The van der Waals surface area contributed by atoms with Crippen LogP contribution in [-0.4, -0.2) is 49.7 Å². The van der Waals surface area contributed by atoms with Crippen LogP contribution in [0.5, 0.6) is 11.5 Å². The minimum Gasteiger partial charge on any atom is -0.491 e. The first-order valence-electron chi connectivity index (χ1n) is 10.6. The van der Waals surface area contributed by atoms with Gasteiger partial charge < -0.3 is 19.7 Å². The zero-order valence-corrected chi connectivity index (χ0v) is 17.7. The quantitative estimate of drug-likeness (QED) is 0.692. The highest BCUT2D eigenvalue weighted by Crippen LogP contribution is 2.48. The standard InChI is InChI=1S/C23H27F2N3O3/c1-15(22(29)26-2)16-3-5-18(6-4-16)31-20-9-10-28(13-20)21-8-7-19(12-27-21)30-14-17-11-23(17,24)25/h3-8,12,15,17,20H,9-11,13-14H2,1-2H3,(H,26,29). The molecule has 1 saturated heterocycles. The lowest BCUT2D eigenvalue weighted by atomic mass is 10.0. The number of nitrogens with one attached hydrogen (secondary N) is 1. The number of pyridine rings is 1. The van der Waals surface area contributed by atoms with Gasteiger partial charge in [-0.2, -0.15) is 0 Å². The third kappa shape index (κ3) is 5.06. The molecule has 6 nitrogen and oxygen atoms in total. The number of halogens is 2. The van der Waals surface area contributed by atoms with Gasteiger partial charge in [-0.3, -0.25) is 4.79 Å². The third-order valence-electron chi connectivity index (χ3n) is 5.92. The van der Waals surface area contributed by atoms with E-state index in [1.165, 1.54) is 0 Å². The Kier molecular flexibility index (Phi) is 5.98. The van der Waals surface area contributed by atoms with E-state index in [1.807, 2.05) is 37.3 Å². The van der Waals surface area contributed by atoms with E-state index < -0.39 is 11.8 Å². The van der Waals surface area contributed by atoms with Gasteiger partial charge in [-0.25, -0.2) is 13.8 Å². The number of aromatic nitrogens is 1. The van der Waals surface area contributed by atoms with Crippen molar-refractivity contribution >= 4 is 11.7 Å². The van der Waals surface area contributed by atoms with Gasteiger partial charge in [0.2, 0.25) is 5.91 Å². The van der Waals surface area contributed by atoms with E-state index >= 15 is 0 Å². The summed E-state index contributed by atoms with van der Waals surface area (Å²) in [5.41, 5.74) is 0.941. The van der Waals surface area contributed by atoms with Crippen LogP contribution in [0.15, 0.2) is 42.6 Å². The molecule has 8 heteroatoms. The SMILES string of the molecule is CNC(=O)C(C)c1ccc(OC2CCN(c3ccc(OCC4CC4(F)F)cn3)C2)cc1. The van der Waals surface area contributed by atoms with E-state index in [-0.39, 0.29) is 31.0 Å². The Morgan fingerprint density at radius 3 is 2.58 bits per heavy atom. The Bertz CT molecular complexity index is 905. The Morgan fingerprint density at radius 1 is 1.26 bits per heavy atom. The van der Waals surface area contributed by atoms with Crippen LogP contribution in [0, 0.1) is 5.92 Å². The maximum absolute atomic E-state index is 12.9. The molecule has 0 radical (unpaired) electrons. The predicted octanol–water partition coefficient (Wildman–Crippen LogP) is 3.62. The number of anilines is 1. The summed E-state index contributed by atoms with van der Waals surface area (Å²) >= 11 is 0. The van der Waals surface area contributed by atoms with Gasteiger partial charge >= 0.3 is 0 Å². The van der Waals surface area contributed by atoms with Crippen molar-refractivity contribution in [3.05, 3.63) is 48.2 Å². The number of carbonyl (C=O) groups is 1. The Balaban J connectivity index is 1.27. The van der Waals surface area contributed by atoms with Crippen LogP contribution in [0.4, 0.5) is 14.6 Å². The summed E-state index contributed by atoms with van der Waals surface area (Å²) in [4.78, 5) is 18.3. The van der Waals surface area contributed by atoms with E-state index in [2.05, 4.69) is 15.2 Å². The number of nitrogens with zero attached hydrogens (tertiary/aromatic N) is 2. The van der Waals surface area contributed by atoms with Crippen molar-refractivity contribution in [1.29, 1.82) is 0 Å². The molecule has 2 aromatic rings. The highest BCUT2D eigenvalue weighted by molar-refractivity contribution is 5.82. The summed E-state index contributed by atoms with van der Waals surface area (Å²) in [5.74, 6) is -1.39. The minimum absolute atomic E-state index is 0.0190. The van der Waals surface area contributed by atoms with Gasteiger partial charge in [-0.1, -0.05) is 12.1 Å². The molecule has 0 spiro atoms. The first-order valence-corrected chi connectivity index (χ1v) is 10.6. The monoisotopic (exact) mass is 431 g/mol. The lowest BCUT2D eigenvalue weighted by molar-refractivity contribution is -0.121. The molecule has 1 aromatic carbocycles. The van der Waals surface area contributed by atoms with Crippen molar-refractivity contribution < 1.29 is 23.0 Å². The van der Waals surface area contributed by atoms with Crippen molar-refractivity contribution in [2.75, 3.05) is 31.6 Å². The number of carbonyl (C=O) groups excluding carboxylic acids is 1. The van der Waals surface area contributed by atoms with Crippen LogP contribution in [0.3, 0.4) is 0 Å². The number of rotatable bonds is 8.